The molecule has 1 aromatic carbocycles. The monoisotopic (exact) mass is 412 g/mol. The van der Waals surface area contributed by atoms with Crippen LogP contribution in [0.4, 0.5) is 0 Å². The Balaban J connectivity index is 1.56. The van der Waals surface area contributed by atoms with Crippen LogP contribution < -0.4 is 15.4 Å². The smallest absolute Gasteiger partial charge is 0.257 e. The van der Waals surface area contributed by atoms with Crippen molar-refractivity contribution in [3.05, 3.63) is 48.5 Å². The zero-order valence-corrected chi connectivity index (χ0v) is 18.0. The topological polar surface area (TPSA) is 83.8 Å². The zero-order chi connectivity index (χ0) is 21.3. The molecule has 0 bridgehead atoms. The Morgan fingerprint density at radius 2 is 2.23 bits per heavy atom. The Morgan fingerprint density at radius 1 is 1.37 bits per heavy atom. The van der Waals surface area contributed by atoms with E-state index in [4.69, 9.17) is 4.74 Å². The first-order valence-electron chi connectivity index (χ1n) is 10.5. The number of aromatic nitrogens is 2. The largest absolute Gasteiger partial charge is 0.484 e. The van der Waals surface area contributed by atoms with Crippen molar-refractivity contribution in [2.45, 2.75) is 32.9 Å². The summed E-state index contributed by atoms with van der Waals surface area (Å²) >= 11 is 0. The minimum atomic E-state index is -0.117. The van der Waals surface area contributed by atoms with Gasteiger partial charge in [0.1, 0.15) is 5.75 Å². The van der Waals surface area contributed by atoms with Gasteiger partial charge in [-0.05, 0) is 37.0 Å². The summed E-state index contributed by atoms with van der Waals surface area (Å²) in [6.45, 7) is 7.31. The van der Waals surface area contributed by atoms with Crippen LogP contribution in [0.3, 0.4) is 0 Å². The number of carbonyl (C=O) groups is 1. The maximum absolute atomic E-state index is 11.6. The van der Waals surface area contributed by atoms with Crippen molar-refractivity contribution in [3.63, 3.8) is 0 Å². The van der Waals surface area contributed by atoms with Crippen molar-refractivity contribution >= 4 is 11.9 Å². The Labute approximate surface area is 178 Å². The van der Waals surface area contributed by atoms with Gasteiger partial charge in [-0.15, -0.1) is 0 Å². The summed E-state index contributed by atoms with van der Waals surface area (Å²) in [7, 11) is 1.82. The maximum Gasteiger partial charge on any atom is 0.257 e. The molecule has 0 radical (unpaired) electrons. The number of hydrogen-bond donors (Lipinski definition) is 2. The number of imidazole rings is 1. The van der Waals surface area contributed by atoms with E-state index in [1.807, 2.05) is 57.0 Å². The summed E-state index contributed by atoms with van der Waals surface area (Å²) in [6, 6.07) is 8.16. The molecule has 2 atom stereocenters. The number of amides is 1. The van der Waals surface area contributed by atoms with E-state index < -0.39 is 0 Å². The highest BCUT2D eigenvalue weighted by Crippen LogP contribution is 2.27. The first-order chi connectivity index (χ1) is 14.6. The van der Waals surface area contributed by atoms with Crippen LogP contribution in [0.15, 0.2) is 48.0 Å². The standard InChI is InChI=1S/C22H32N6O2/c1-4-25-21(29)15-30-19-7-5-6-18(12-19)13-26-22(23-3)27-10-8-17(2)20(14-27)28-11-9-24-16-28/h5-7,9,11-12,16-17,20H,4,8,10,13-15H2,1-3H3,(H,23,26)(H,25,29). The SMILES string of the molecule is CCNC(=O)COc1cccc(CNC(=NC)N2CCC(C)C(n3ccnc3)C2)c1. The summed E-state index contributed by atoms with van der Waals surface area (Å²) in [5, 5.41) is 6.19. The first kappa shape index (κ1) is 21.7. The van der Waals surface area contributed by atoms with Crippen LogP contribution in [0.5, 0.6) is 5.75 Å². The fourth-order valence-corrected chi connectivity index (χ4v) is 3.75. The van der Waals surface area contributed by atoms with Crippen LogP contribution in [-0.2, 0) is 11.3 Å². The van der Waals surface area contributed by atoms with Gasteiger partial charge in [0.2, 0.25) is 0 Å². The summed E-state index contributed by atoms with van der Waals surface area (Å²) in [5.41, 5.74) is 1.07. The number of guanidine groups is 1. The van der Waals surface area contributed by atoms with Crippen molar-refractivity contribution in [1.82, 2.24) is 25.1 Å². The number of benzene rings is 1. The first-order valence-corrected chi connectivity index (χ1v) is 10.5. The highest BCUT2D eigenvalue weighted by molar-refractivity contribution is 5.80. The van der Waals surface area contributed by atoms with Gasteiger partial charge < -0.3 is 24.8 Å². The van der Waals surface area contributed by atoms with Crippen LogP contribution in [-0.4, -0.2) is 59.6 Å². The predicted octanol–water partition coefficient (Wildman–Crippen LogP) is 2.06. The molecule has 162 valence electrons. The van der Waals surface area contributed by atoms with Gasteiger partial charge >= 0.3 is 0 Å². The second-order valence-corrected chi connectivity index (χ2v) is 7.58. The minimum Gasteiger partial charge on any atom is -0.484 e. The van der Waals surface area contributed by atoms with Gasteiger partial charge in [-0.1, -0.05) is 19.1 Å². The van der Waals surface area contributed by atoms with Crippen LogP contribution in [0, 0.1) is 5.92 Å². The molecule has 1 saturated heterocycles. The van der Waals surface area contributed by atoms with E-state index in [0.29, 0.717) is 30.8 Å². The highest BCUT2D eigenvalue weighted by Gasteiger charge is 2.28. The van der Waals surface area contributed by atoms with Crippen LogP contribution in [0.25, 0.3) is 0 Å². The van der Waals surface area contributed by atoms with Gasteiger partial charge in [0.15, 0.2) is 12.6 Å². The number of ether oxygens (including phenoxy) is 1. The zero-order valence-electron chi connectivity index (χ0n) is 18.0. The van der Waals surface area contributed by atoms with E-state index in [1.54, 1.807) is 0 Å². The highest BCUT2D eigenvalue weighted by atomic mass is 16.5. The normalized spacial score (nSPS) is 19.4. The molecular weight excluding hydrogens is 380 g/mol. The third-order valence-electron chi connectivity index (χ3n) is 5.43. The van der Waals surface area contributed by atoms with E-state index >= 15 is 0 Å². The number of rotatable bonds is 7. The molecule has 8 heteroatoms. The molecule has 2 aromatic rings. The quantitative estimate of drug-likeness (QED) is 0.537. The Bertz CT molecular complexity index is 836. The third-order valence-corrected chi connectivity index (χ3v) is 5.43. The molecule has 30 heavy (non-hydrogen) atoms. The summed E-state index contributed by atoms with van der Waals surface area (Å²) in [5.74, 6) is 2.05. The Morgan fingerprint density at radius 3 is 2.97 bits per heavy atom. The van der Waals surface area contributed by atoms with E-state index in [2.05, 4.69) is 37.0 Å². The number of hydrogen-bond acceptors (Lipinski definition) is 4. The molecule has 1 amide bonds. The van der Waals surface area contributed by atoms with Crippen molar-refractivity contribution in [3.8, 4) is 5.75 Å². The Hall–Kier alpha value is -3.03. The average Bonchev–Trinajstić information content (AvgIpc) is 3.29. The lowest BCUT2D eigenvalue weighted by molar-refractivity contribution is -0.122. The summed E-state index contributed by atoms with van der Waals surface area (Å²) in [4.78, 5) is 22.6. The number of nitrogens with one attached hydrogen (secondary N) is 2. The molecule has 0 aliphatic carbocycles. The van der Waals surface area contributed by atoms with E-state index in [-0.39, 0.29) is 12.5 Å². The molecule has 3 rings (SSSR count). The van der Waals surface area contributed by atoms with Crippen molar-refractivity contribution in [1.29, 1.82) is 0 Å². The number of piperidine rings is 1. The van der Waals surface area contributed by atoms with Crippen LogP contribution >= 0.6 is 0 Å². The van der Waals surface area contributed by atoms with Gasteiger partial charge in [0.25, 0.3) is 5.91 Å². The second kappa shape index (κ2) is 10.7. The van der Waals surface area contributed by atoms with Gasteiger partial charge in [0.05, 0.1) is 12.4 Å². The Kier molecular flexibility index (Phi) is 7.70. The van der Waals surface area contributed by atoms with Gasteiger partial charge in [-0.3, -0.25) is 9.79 Å². The molecule has 2 unspecified atom stereocenters. The van der Waals surface area contributed by atoms with E-state index in [9.17, 15) is 4.79 Å². The lowest BCUT2D eigenvalue weighted by Crippen LogP contribution is -2.48. The van der Waals surface area contributed by atoms with Crippen LogP contribution in [0.1, 0.15) is 31.9 Å². The van der Waals surface area contributed by atoms with E-state index in [0.717, 1.165) is 31.0 Å². The van der Waals surface area contributed by atoms with Gasteiger partial charge in [-0.25, -0.2) is 4.98 Å². The van der Waals surface area contributed by atoms with Gasteiger partial charge in [-0.2, -0.15) is 0 Å². The summed E-state index contributed by atoms with van der Waals surface area (Å²) in [6.07, 6.45) is 6.87. The lowest BCUT2D eigenvalue weighted by atomic mass is 9.93. The molecule has 1 aliphatic heterocycles. The fourth-order valence-electron chi connectivity index (χ4n) is 3.75. The van der Waals surface area contributed by atoms with E-state index in [1.165, 1.54) is 0 Å². The van der Waals surface area contributed by atoms with Gasteiger partial charge in [0, 0.05) is 45.6 Å². The molecule has 0 spiro atoms. The predicted molar refractivity (Wildman–Crippen MR) is 117 cm³/mol. The molecule has 1 fully saturated rings. The molecule has 1 aromatic heterocycles. The molecule has 2 heterocycles. The van der Waals surface area contributed by atoms with Crippen molar-refractivity contribution in [2.75, 3.05) is 33.3 Å². The molecule has 8 nitrogen and oxygen atoms in total. The summed E-state index contributed by atoms with van der Waals surface area (Å²) < 4.78 is 7.78. The number of carbonyl (C=O) groups excluding carboxylic acids is 1. The third kappa shape index (κ3) is 5.75. The average molecular weight is 413 g/mol. The molecule has 1 aliphatic rings. The van der Waals surface area contributed by atoms with Crippen molar-refractivity contribution < 1.29 is 9.53 Å². The minimum absolute atomic E-state index is 0.0218. The second-order valence-electron chi connectivity index (χ2n) is 7.58. The van der Waals surface area contributed by atoms with Crippen molar-refractivity contribution in [2.24, 2.45) is 10.9 Å². The number of nitrogens with zero attached hydrogens (tertiary/aromatic N) is 4. The maximum atomic E-state index is 11.6. The molecule has 2 N–H and O–H groups in total. The van der Waals surface area contributed by atoms with Crippen LogP contribution in [0.2, 0.25) is 0 Å². The lowest BCUT2D eigenvalue weighted by Gasteiger charge is -2.39. The number of aliphatic imine (C=N–C) groups is 1. The number of likely N-dealkylation sites (tertiary alicyclic amines) is 1. The fraction of sp³-hybridized carbons (Fsp3) is 0.500. The molecular formula is C22H32N6O2. The number of likely N-dealkylation sites (N-methyl/N-ethyl adjacent to an activating group) is 1. The molecule has 0 saturated carbocycles.